The number of thioether (sulfide) groups is 1. The molecule has 3 N–H and O–H groups in total. The van der Waals surface area contributed by atoms with Gasteiger partial charge in [0.25, 0.3) is 0 Å². The number of aliphatic hydroxyl groups excluding tert-OH is 1. The number of morpholine rings is 1. The molecule has 0 aliphatic carbocycles. The molecule has 1 spiro atoms. The molecule has 0 saturated carbocycles. The molecule has 4 aliphatic heterocycles. The van der Waals surface area contributed by atoms with E-state index in [0.717, 1.165) is 19.6 Å². The Morgan fingerprint density at radius 1 is 1.35 bits per heavy atom. The average Bonchev–Trinajstić information content (AvgIpc) is 3.36. The number of alkyl halides is 1. The van der Waals surface area contributed by atoms with Gasteiger partial charge in [-0.3, -0.25) is 19.3 Å². The molecule has 0 aromatic heterocycles. The summed E-state index contributed by atoms with van der Waals surface area (Å²) in [4.78, 5) is 43.6. The van der Waals surface area contributed by atoms with Crippen molar-refractivity contribution in [3.63, 3.8) is 0 Å². The van der Waals surface area contributed by atoms with Crippen molar-refractivity contribution in [1.82, 2.24) is 20.4 Å². The Balaban J connectivity index is 1.57. The van der Waals surface area contributed by atoms with Crippen LogP contribution in [-0.2, 0) is 19.1 Å². The third-order valence-electron chi connectivity index (χ3n) is 7.09. The molecule has 0 radical (unpaired) electrons. The van der Waals surface area contributed by atoms with Gasteiger partial charge in [0.15, 0.2) is 0 Å². The van der Waals surface area contributed by atoms with Gasteiger partial charge in [0.05, 0.1) is 42.4 Å². The summed E-state index contributed by atoms with van der Waals surface area (Å²) in [6.07, 6.45) is 0.641. The van der Waals surface area contributed by atoms with Crippen LogP contribution in [0, 0.1) is 11.8 Å². The maximum Gasteiger partial charge on any atom is 0.244 e. The van der Waals surface area contributed by atoms with Gasteiger partial charge < -0.3 is 25.4 Å². The summed E-state index contributed by atoms with van der Waals surface area (Å²) in [6.45, 7) is 5.80. The molecule has 7 atom stereocenters. The number of amides is 3. The van der Waals surface area contributed by atoms with E-state index in [-0.39, 0.29) is 34.4 Å². The lowest BCUT2D eigenvalue weighted by atomic mass is 9.70. The lowest BCUT2D eigenvalue weighted by Gasteiger charge is -2.36. The van der Waals surface area contributed by atoms with Gasteiger partial charge in [-0.1, -0.05) is 15.9 Å². The third kappa shape index (κ3) is 3.80. The highest BCUT2D eigenvalue weighted by Gasteiger charge is 2.75. The number of hydrogen-bond donors (Lipinski definition) is 3. The van der Waals surface area contributed by atoms with Crippen LogP contribution in [0.15, 0.2) is 0 Å². The molecule has 0 aromatic rings. The SMILES string of the molecule is CNC(=O)[C@H]1[C@@H]2SC3(CC2Br)C(C(=O)NCCN2CCOCC2)N([C@H](C)CO)C(=O)[C@H]13. The zero-order valence-corrected chi connectivity index (χ0v) is 20.3. The smallest absolute Gasteiger partial charge is 0.244 e. The van der Waals surface area contributed by atoms with E-state index in [1.165, 1.54) is 0 Å². The zero-order valence-electron chi connectivity index (χ0n) is 17.9. The molecular weight excluding hydrogens is 488 g/mol. The van der Waals surface area contributed by atoms with E-state index >= 15 is 0 Å². The minimum absolute atomic E-state index is 0.0517. The molecule has 2 bridgehead atoms. The zero-order chi connectivity index (χ0) is 22.3. The average molecular weight is 519 g/mol. The first-order valence-electron chi connectivity index (χ1n) is 10.9. The lowest BCUT2D eigenvalue weighted by molar-refractivity contribution is -0.142. The van der Waals surface area contributed by atoms with E-state index in [1.807, 2.05) is 0 Å². The third-order valence-corrected chi connectivity index (χ3v) is 10.3. The van der Waals surface area contributed by atoms with E-state index < -0.39 is 28.7 Å². The Bertz CT molecular complexity index is 738. The quantitative estimate of drug-likeness (QED) is 0.371. The van der Waals surface area contributed by atoms with E-state index in [4.69, 9.17) is 4.74 Å². The van der Waals surface area contributed by atoms with Gasteiger partial charge >= 0.3 is 0 Å². The predicted octanol–water partition coefficient (Wildman–Crippen LogP) is -0.974. The molecule has 9 nitrogen and oxygen atoms in total. The van der Waals surface area contributed by atoms with E-state index in [9.17, 15) is 19.5 Å². The van der Waals surface area contributed by atoms with Crippen LogP contribution in [0.1, 0.15) is 13.3 Å². The first-order valence-corrected chi connectivity index (χ1v) is 12.7. The number of rotatable bonds is 7. The van der Waals surface area contributed by atoms with Gasteiger partial charge in [-0.05, 0) is 13.3 Å². The van der Waals surface area contributed by atoms with E-state index in [1.54, 1.807) is 30.6 Å². The van der Waals surface area contributed by atoms with Crippen LogP contribution in [0.25, 0.3) is 0 Å². The maximum atomic E-state index is 13.5. The normalized spacial score (nSPS) is 38.3. The fraction of sp³-hybridized carbons (Fsp3) is 0.850. The first kappa shape index (κ1) is 23.3. The second kappa shape index (κ2) is 9.17. The summed E-state index contributed by atoms with van der Waals surface area (Å²) in [5.74, 6) is -1.60. The van der Waals surface area contributed by atoms with Crippen LogP contribution in [0.3, 0.4) is 0 Å². The molecule has 4 aliphatic rings. The van der Waals surface area contributed by atoms with Gasteiger partial charge in [-0.25, -0.2) is 0 Å². The van der Waals surface area contributed by atoms with Crippen molar-refractivity contribution in [2.24, 2.45) is 11.8 Å². The number of nitrogens with zero attached hydrogens (tertiary/aromatic N) is 2. The Morgan fingerprint density at radius 3 is 2.71 bits per heavy atom. The minimum atomic E-state index is -0.707. The van der Waals surface area contributed by atoms with Crippen molar-refractivity contribution in [2.45, 2.75) is 40.3 Å². The molecule has 4 saturated heterocycles. The van der Waals surface area contributed by atoms with Crippen LogP contribution in [0.5, 0.6) is 0 Å². The van der Waals surface area contributed by atoms with Gasteiger partial charge in [0, 0.05) is 43.3 Å². The van der Waals surface area contributed by atoms with Crippen molar-refractivity contribution >= 4 is 45.4 Å². The molecule has 4 fully saturated rings. The molecule has 4 rings (SSSR count). The first-order chi connectivity index (χ1) is 14.9. The molecule has 0 aromatic carbocycles. The summed E-state index contributed by atoms with van der Waals surface area (Å²) in [6, 6.07) is -1.21. The largest absolute Gasteiger partial charge is 0.394 e. The Hall–Kier alpha value is -0.880. The molecule has 31 heavy (non-hydrogen) atoms. The molecule has 11 heteroatoms. The maximum absolute atomic E-state index is 13.5. The van der Waals surface area contributed by atoms with Crippen LogP contribution in [-0.4, -0.2) is 113 Å². The van der Waals surface area contributed by atoms with E-state index in [2.05, 4.69) is 31.5 Å². The van der Waals surface area contributed by atoms with Gasteiger partial charge in [0.1, 0.15) is 6.04 Å². The van der Waals surface area contributed by atoms with Crippen LogP contribution >= 0.6 is 27.7 Å². The standard InChI is InChI=1S/C20H31BrN4O5S/c1-11(10-26)25-16(18(28)23-3-4-24-5-7-30-8-6-24)20-9-12(21)15(31-20)13(17(27)22-2)14(20)19(25)29/h11-16,26H,3-10H2,1-2H3,(H,22,27)(H,23,28)/t11-,12?,13-,14+,15-,16?,20?/m1/s1. The minimum Gasteiger partial charge on any atom is -0.394 e. The highest BCUT2D eigenvalue weighted by Crippen LogP contribution is 2.67. The Kier molecular flexibility index (Phi) is 6.88. The fourth-order valence-corrected chi connectivity index (χ4v) is 9.25. The molecular formula is C20H31BrN4O5S. The van der Waals surface area contributed by atoms with Gasteiger partial charge in [0.2, 0.25) is 17.7 Å². The highest BCUT2D eigenvalue weighted by molar-refractivity contribution is 9.09. The predicted molar refractivity (Wildman–Crippen MR) is 120 cm³/mol. The molecule has 4 heterocycles. The van der Waals surface area contributed by atoms with Crippen molar-refractivity contribution in [3.05, 3.63) is 0 Å². The number of hydrogen-bond acceptors (Lipinski definition) is 7. The number of nitrogens with one attached hydrogen (secondary N) is 2. The van der Waals surface area contributed by atoms with Crippen molar-refractivity contribution in [2.75, 3.05) is 53.0 Å². The number of likely N-dealkylation sites (tertiary alicyclic amines) is 1. The fourth-order valence-electron chi connectivity index (χ4n) is 5.65. The van der Waals surface area contributed by atoms with Crippen molar-refractivity contribution in [1.29, 1.82) is 0 Å². The molecule has 3 unspecified atom stereocenters. The monoisotopic (exact) mass is 518 g/mol. The summed E-state index contributed by atoms with van der Waals surface area (Å²) in [5.41, 5.74) is 0. The van der Waals surface area contributed by atoms with E-state index in [0.29, 0.717) is 26.2 Å². The number of fused-ring (bicyclic) bond motifs is 1. The van der Waals surface area contributed by atoms with Crippen LogP contribution in [0.4, 0.5) is 0 Å². The van der Waals surface area contributed by atoms with Crippen molar-refractivity contribution in [3.8, 4) is 0 Å². The number of carbonyl (C=O) groups excluding carboxylic acids is 3. The summed E-state index contributed by atoms with van der Waals surface area (Å²) < 4.78 is 4.70. The number of halogens is 1. The van der Waals surface area contributed by atoms with Gasteiger partial charge in [-0.15, -0.1) is 11.8 Å². The Morgan fingerprint density at radius 2 is 2.06 bits per heavy atom. The van der Waals surface area contributed by atoms with Gasteiger partial charge in [-0.2, -0.15) is 0 Å². The summed E-state index contributed by atoms with van der Waals surface area (Å²) >= 11 is 5.31. The van der Waals surface area contributed by atoms with Crippen molar-refractivity contribution < 1.29 is 24.2 Å². The number of aliphatic hydroxyl groups is 1. The number of carbonyl (C=O) groups is 3. The second-order valence-electron chi connectivity index (χ2n) is 8.80. The topological polar surface area (TPSA) is 111 Å². The lowest BCUT2D eigenvalue weighted by Crippen LogP contribution is -2.57. The van der Waals surface area contributed by atoms with Crippen LogP contribution in [0.2, 0.25) is 0 Å². The summed E-state index contributed by atoms with van der Waals surface area (Å²) in [7, 11) is 1.58. The molecule has 174 valence electrons. The Labute approximate surface area is 195 Å². The second-order valence-corrected chi connectivity index (χ2v) is 11.5. The molecule has 3 amide bonds. The van der Waals surface area contributed by atoms with Crippen LogP contribution < -0.4 is 10.6 Å². The highest BCUT2D eigenvalue weighted by atomic mass is 79.9. The summed E-state index contributed by atoms with van der Waals surface area (Å²) in [5, 5.41) is 15.5. The number of ether oxygens (including phenoxy) is 1.